The van der Waals surface area contributed by atoms with Crippen LogP contribution in [0.4, 0.5) is 5.13 Å². The fourth-order valence-electron chi connectivity index (χ4n) is 0.666. The molecule has 11 heavy (non-hydrogen) atoms. The second-order valence-corrected chi connectivity index (χ2v) is 3.32. The van der Waals surface area contributed by atoms with Crippen molar-refractivity contribution in [3.63, 3.8) is 0 Å². The van der Waals surface area contributed by atoms with Gasteiger partial charge >= 0.3 is 0 Å². The molecule has 0 saturated heterocycles. The highest BCUT2D eigenvalue weighted by Gasteiger charge is 2.03. The average Bonchev–Trinajstić information content (AvgIpc) is 2.36. The Morgan fingerprint density at radius 3 is 3.00 bits per heavy atom. The number of nitrogens with zero attached hydrogens (tertiary/aromatic N) is 2. The average molecular weight is 193 g/mol. The van der Waals surface area contributed by atoms with Gasteiger partial charge in [-0.15, -0.1) is 11.3 Å². The molecule has 0 aliphatic rings. The highest BCUT2D eigenvalue weighted by molar-refractivity contribution is 7.14. The zero-order valence-electron chi connectivity index (χ0n) is 6.12. The first-order valence-corrected chi connectivity index (χ1v) is 4.43. The van der Waals surface area contributed by atoms with Crippen molar-refractivity contribution in [3.05, 3.63) is 10.5 Å². The number of hydrogen-bond donors (Lipinski definition) is 1. The Hall–Kier alpha value is -0.320. The van der Waals surface area contributed by atoms with Gasteiger partial charge in [0, 0.05) is 19.0 Å². The Morgan fingerprint density at radius 2 is 2.55 bits per heavy atom. The van der Waals surface area contributed by atoms with Gasteiger partial charge < -0.3 is 10.0 Å². The van der Waals surface area contributed by atoms with Gasteiger partial charge in [0.2, 0.25) is 0 Å². The van der Waals surface area contributed by atoms with E-state index in [1.165, 1.54) is 11.3 Å². The van der Waals surface area contributed by atoms with Crippen LogP contribution in [-0.2, 0) is 0 Å². The highest BCUT2D eigenvalue weighted by atomic mass is 35.5. The lowest BCUT2D eigenvalue weighted by molar-refractivity contribution is 0.304. The SMILES string of the molecule is CN(CCO)c1nc(Cl)cs1. The molecule has 1 aromatic rings. The first kappa shape index (κ1) is 8.77. The van der Waals surface area contributed by atoms with Crippen LogP contribution in [0.3, 0.4) is 0 Å². The third-order valence-corrected chi connectivity index (χ3v) is 2.50. The summed E-state index contributed by atoms with van der Waals surface area (Å²) in [7, 11) is 1.87. The van der Waals surface area contributed by atoms with Gasteiger partial charge in [0.1, 0.15) is 5.15 Å². The fourth-order valence-corrected chi connectivity index (χ4v) is 1.61. The minimum atomic E-state index is 0.133. The lowest BCUT2D eigenvalue weighted by atomic mass is 10.6. The summed E-state index contributed by atoms with van der Waals surface area (Å²) >= 11 is 7.08. The molecule has 0 aliphatic carbocycles. The lowest BCUT2D eigenvalue weighted by Crippen LogP contribution is -2.20. The van der Waals surface area contributed by atoms with Gasteiger partial charge in [-0.3, -0.25) is 0 Å². The molecule has 5 heteroatoms. The Balaban J connectivity index is 2.60. The van der Waals surface area contributed by atoms with Crippen LogP contribution in [0.5, 0.6) is 0 Å². The van der Waals surface area contributed by atoms with E-state index in [9.17, 15) is 0 Å². The van der Waals surface area contributed by atoms with Crippen LogP contribution in [0.15, 0.2) is 5.38 Å². The summed E-state index contributed by atoms with van der Waals surface area (Å²) < 4.78 is 0. The minimum absolute atomic E-state index is 0.133. The standard InChI is InChI=1S/C6H9ClN2OS/c1-9(2-3-10)6-8-5(7)4-11-6/h4,10H,2-3H2,1H3. The molecule has 0 bridgehead atoms. The molecule has 0 aliphatic heterocycles. The molecular formula is C6H9ClN2OS. The maximum absolute atomic E-state index is 8.61. The van der Waals surface area contributed by atoms with Crippen molar-refractivity contribution >= 4 is 28.1 Å². The molecular weight excluding hydrogens is 184 g/mol. The van der Waals surface area contributed by atoms with Gasteiger partial charge in [0.15, 0.2) is 5.13 Å². The van der Waals surface area contributed by atoms with E-state index < -0.39 is 0 Å². The van der Waals surface area contributed by atoms with Gasteiger partial charge in [0.05, 0.1) is 6.61 Å². The molecule has 1 N–H and O–H groups in total. The van der Waals surface area contributed by atoms with Crippen molar-refractivity contribution in [3.8, 4) is 0 Å². The molecule has 3 nitrogen and oxygen atoms in total. The second kappa shape index (κ2) is 3.90. The number of aliphatic hydroxyl groups excluding tert-OH is 1. The molecule has 0 unspecified atom stereocenters. The van der Waals surface area contributed by atoms with Crippen molar-refractivity contribution < 1.29 is 5.11 Å². The van der Waals surface area contributed by atoms with Crippen molar-refractivity contribution in [2.75, 3.05) is 25.1 Å². The van der Waals surface area contributed by atoms with Crippen molar-refractivity contribution in [1.82, 2.24) is 4.98 Å². The van der Waals surface area contributed by atoms with Crippen molar-refractivity contribution in [2.24, 2.45) is 0 Å². The molecule has 0 saturated carbocycles. The highest BCUT2D eigenvalue weighted by Crippen LogP contribution is 2.21. The van der Waals surface area contributed by atoms with E-state index in [-0.39, 0.29) is 6.61 Å². The number of thiazole rings is 1. The molecule has 0 amide bonds. The van der Waals surface area contributed by atoms with Crippen LogP contribution in [0.2, 0.25) is 5.15 Å². The number of hydrogen-bond acceptors (Lipinski definition) is 4. The molecule has 1 aromatic heterocycles. The number of aromatic nitrogens is 1. The number of halogens is 1. The van der Waals surface area contributed by atoms with Gasteiger partial charge in [-0.1, -0.05) is 11.6 Å². The van der Waals surface area contributed by atoms with Crippen molar-refractivity contribution in [2.45, 2.75) is 0 Å². The topological polar surface area (TPSA) is 36.4 Å². The summed E-state index contributed by atoms with van der Waals surface area (Å²) in [5, 5.41) is 11.7. The second-order valence-electron chi connectivity index (χ2n) is 2.10. The summed E-state index contributed by atoms with van der Waals surface area (Å²) in [6.07, 6.45) is 0. The number of anilines is 1. The zero-order chi connectivity index (χ0) is 8.27. The largest absolute Gasteiger partial charge is 0.395 e. The number of aliphatic hydroxyl groups is 1. The Morgan fingerprint density at radius 1 is 1.82 bits per heavy atom. The molecule has 1 rings (SSSR count). The Kier molecular flexibility index (Phi) is 3.11. The van der Waals surface area contributed by atoms with E-state index in [1.54, 1.807) is 5.38 Å². The summed E-state index contributed by atoms with van der Waals surface area (Å²) in [5.74, 6) is 0. The van der Waals surface area contributed by atoms with Gasteiger partial charge in [-0.05, 0) is 0 Å². The fraction of sp³-hybridized carbons (Fsp3) is 0.500. The maximum Gasteiger partial charge on any atom is 0.186 e. The van der Waals surface area contributed by atoms with E-state index in [1.807, 2.05) is 11.9 Å². The van der Waals surface area contributed by atoms with Crippen LogP contribution in [0.1, 0.15) is 0 Å². The summed E-state index contributed by atoms with van der Waals surface area (Å²) in [4.78, 5) is 5.89. The van der Waals surface area contributed by atoms with Gasteiger partial charge in [-0.2, -0.15) is 0 Å². The number of likely N-dealkylation sites (N-methyl/N-ethyl adjacent to an activating group) is 1. The van der Waals surface area contributed by atoms with E-state index in [4.69, 9.17) is 16.7 Å². The normalized spacial score (nSPS) is 10.1. The van der Waals surface area contributed by atoms with E-state index >= 15 is 0 Å². The Bertz CT molecular complexity index is 228. The predicted molar refractivity (Wildman–Crippen MR) is 47.5 cm³/mol. The first-order chi connectivity index (χ1) is 5.24. The quantitative estimate of drug-likeness (QED) is 0.783. The van der Waals surface area contributed by atoms with Gasteiger partial charge in [-0.25, -0.2) is 4.98 Å². The molecule has 0 aromatic carbocycles. The molecule has 0 fully saturated rings. The molecule has 1 heterocycles. The van der Waals surface area contributed by atoms with E-state index in [2.05, 4.69) is 4.98 Å². The van der Waals surface area contributed by atoms with E-state index in [0.717, 1.165) is 5.13 Å². The zero-order valence-corrected chi connectivity index (χ0v) is 7.69. The Labute approximate surface area is 74.2 Å². The van der Waals surface area contributed by atoms with E-state index in [0.29, 0.717) is 11.7 Å². The van der Waals surface area contributed by atoms with Crippen LogP contribution < -0.4 is 4.90 Å². The van der Waals surface area contributed by atoms with Crippen LogP contribution in [0.25, 0.3) is 0 Å². The van der Waals surface area contributed by atoms with Crippen LogP contribution in [0, 0.1) is 0 Å². The third-order valence-electron chi connectivity index (χ3n) is 1.23. The molecule has 0 spiro atoms. The number of rotatable bonds is 3. The van der Waals surface area contributed by atoms with Crippen molar-refractivity contribution in [1.29, 1.82) is 0 Å². The van der Waals surface area contributed by atoms with Crippen LogP contribution >= 0.6 is 22.9 Å². The van der Waals surface area contributed by atoms with Crippen LogP contribution in [-0.4, -0.2) is 30.3 Å². The summed E-state index contributed by atoms with van der Waals surface area (Å²) in [5.41, 5.74) is 0. The van der Waals surface area contributed by atoms with Gasteiger partial charge in [0.25, 0.3) is 0 Å². The minimum Gasteiger partial charge on any atom is -0.395 e. The monoisotopic (exact) mass is 192 g/mol. The molecule has 62 valence electrons. The third kappa shape index (κ3) is 2.32. The predicted octanol–water partition coefficient (Wildman–Crippen LogP) is 1.22. The molecule has 0 atom stereocenters. The summed E-state index contributed by atoms with van der Waals surface area (Å²) in [6.45, 7) is 0.720. The first-order valence-electron chi connectivity index (χ1n) is 3.17. The molecule has 0 radical (unpaired) electrons. The lowest BCUT2D eigenvalue weighted by Gasteiger charge is -2.12. The summed E-state index contributed by atoms with van der Waals surface area (Å²) in [6, 6.07) is 0. The smallest absolute Gasteiger partial charge is 0.186 e. The maximum atomic E-state index is 8.61.